The van der Waals surface area contributed by atoms with Crippen LogP contribution in [0.1, 0.15) is 37.6 Å². The Bertz CT molecular complexity index is 513. The monoisotopic (exact) mass is 285 g/mol. The van der Waals surface area contributed by atoms with Crippen LogP contribution in [0.5, 0.6) is 0 Å². The normalized spacial score (nSPS) is 19.5. The molecule has 1 unspecified atom stereocenters. The van der Waals surface area contributed by atoms with Gasteiger partial charge in [0.1, 0.15) is 0 Å². The zero-order valence-electron chi connectivity index (χ0n) is 11.8. The number of hydrogen-bond donors (Lipinski definition) is 0. The molecule has 1 amide bonds. The van der Waals surface area contributed by atoms with Gasteiger partial charge in [-0.25, -0.2) is 13.2 Å². The zero-order chi connectivity index (χ0) is 15.1. The van der Waals surface area contributed by atoms with Crippen LogP contribution in [0.2, 0.25) is 0 Å². The van der Waals surface area contributed by atoms with Gasteiger partial charge in [0.05, 0.1) is 0 Å². The average Bonchev–Trinajstić information content (AvgIpc) is 2.83. The van der Waals surface area contributed by atoms with Crippen molar-refractivity contribution in [3.63, 3.8) is 0 Å². The van der Waals surface area contributed by atoms with Crippen LogP contribution in [-0.2, 0) is 0 Å². The molecule has 1 aliphatic heterocycles. The van der Waals surface area contributed by atoms with Gasteiger partial charge in [-0.1, -0.05) is 20.8 Å². The van der Waals surface area contributed by atoms with E-state index < -0.39 is 23.4 Å². The number of carbonyl (C=O) groups is 1. The average molecular weight is 285 g/mol. The van der Waals surface area contributed by atoms with E-state index in [9.17, 15) is 18.0 Å². The van der Waals surface area contributed by atoms with E-state index in [2.05, 4.69) is 20.8 Å². The molecule has 0 N–H and O–H groups in total. The van der Waals surface area contributed by atoms with Crippen LogP contribution in [0.25, 0.3) is 0 Å². The van der Waals surface area contributed by atoms with Crippen molar-refractivity contribution >= 4 is 5.91 Å². The van der Waals surface area contributed by atoms with Crippen molar-refractivity contribution in [3.05, 3.63) is 35.1 Å². The largest absolute Gasteiger partial charge is 0.338 e. The quantitative estimate of drug-likeness (QED) is 0.722. The number of amides is 1. The third kappa shape index (κ3) is 2.81. The number of benzene rings is 1. The smallest absolute Gasteiger partial charge is 0.254 e. The summed E-state index contributed by atoms with van der Waals surface area (Å²) >= 11 is 0. The summed E-state index contributed by atoms with van der Waals surface area (Å²) in [5, 5.41) is 0. The van der Waals surface area contributed by atoms with E-state index in [1.807, 2.05) is 0 Å². The molecular weight excluding hydrogens is 267 g/mol. The topological polar surface area (TPSA) is 20.3 Å². The lowest BCUT2D eigenvalue weighted by atomic mass is 9.80. The van der Waals surface area contributed by atoms with E-state index in [0.29, 0.717) is 19.0 Å². The summed E-state index contributed by atoms with van der Waals surface area (Å²) in [4.78, 5) is 13.8. The van der Waals surface area contributed by atoms with Gasteiger partial charge in [-0.15, -0.1) is 0 Å². The summed E-state index contributed by atoms with van der Waals surface area (Å²) in [5.41, 5.74) is -0.0649. The van der Waals surface area contributed by atoms with Gasteiger partial charge < -0.3 is 4.90 Å². The molecule has 0 saturated carbocycles. The Morgan fingerprint density at radius 2 is 1.75 bits per heavy atom. The van der Waals surface area contributed by atoms with E-state index in [1.54, 1.807) is 4.90 Å². The number of rotatable bonds is 1. The van der Waals surface area contributed by atoms with Crippen LogP contribution < -0.4 is 0 Å². The van der Waals surface area contributed by atoms with Gasteiger partial charge in [-0.3, -0.25) is 4.79 Å². The fourth-order valence-electron chi connectivity index (χ4n) is 2.51. The summed E-state index contributed by atoms with van der Waals surface area (Å²) in [6, 6.07) is 1.51. The molecule has 0 aliphatic carbocycles. The molecule has 1 aromatic carbocycles. The molecule has 1 fully saturated rings. The molecule has 1 atom stereocenters. The lowest BCUT2D eigenvalue weighted by molar-refractivity contribution is 0.0775. The van der Waals surface area contributed by atoms with Gasteiger partial charge in [0.15, 0.2) is 17.5 Å². The molecule has 0 spiro atoms. The number of carbonyl (C=O) groups excluding carboxylic acids is 1. The standard InChI is InChI=1S/C15H18F3NO/c1-15(2,3)10-4-5-19(8-10)14(20)9-6-11(16)13(18)12(17)7-9/h6-7,10H,4-5,8H2,1-3H3. The van der Waals surface area contributed by atoms with Crippen LogP contribution >= 0.6 is 0 Å². The Labute approximate surface area is 116 Å². The van der Waals surface area contributed by atoms with Crippen molar-refractivity contribution in [2.75, 3.05) is 13.1 Å². The van der Waals surface area contributed by atoms with Crippen LogP contribution in [0, 0.1) is 28.8 Å². The minimum Gasteiger partial charge on any atom is -0.338 e. The fraction of sp³-hybridized carbons (Fsp3) is 0.533. The summed E-state index contributed by atoms with van der Waals surface area (Å²) in [6.07, 6.45) is 0.862. The number of hydrogen-bond acceptors (Lipinski definition) is 1. The Morgan fingerprint density at radius 1 is 1.20 bits per heavy atom. The van der Waals surface area contributed by atoms with Crippen molar-refractivity contribution < 1.29 is 18.0 Å². The maximum Gasteiger partial charge on any atom is 0.254 e. The molecule has 1 heterocycles. The van der Waals surface area contributed by atoms with Crippen molar-refractivity contribution in [3.8, 4) is 0 Å². The van der Waals surface area contributed by atoms with Crippen molar-refractivity contribution in [2.45, 2.75) is 27.2 Å². The molecule has 1 saturated heterocycles. The molecule has 2 nitrogen and oxygen atoms in total. The van der Waals surface area contributed by atoms with Crippen molar-refractivity contribution in [1.29, 1.82) is 0 Å². The second-order valence-corrected chi connectivity index (χ2v) is 6.36. The highest BCUT2D eigenvalue weighted by atomic mass is 19.2. The first-order chi connectivity index (χ1) is 9.20. The summed E-state index contributed by atoms with van der Waals surface area (Å²) in [6.45, 7) is 7.42. The first kappa shape index (κ1) is 14.9. The first-order valence-electron chi connectivity index (χ1n) is 6.64. The Kier molecular flexibility index (Phi) is 3.80. The highest BCUT2D eigenvalue weighted by Crippen LogP contribution is 2.34. The predicted octanol–water partition coefficient (Wildman–Crippen LogP) is 3.61. The van der Waals surface area contributed by atoms with Gasteiger partial charge in [0.25, 0.3) is 5.91 Å². The Morgan fingerprint density at radius 3 is 2.20 bits per heavy atom. The zero-order valence-corrected chi connectivity index (χ0v) is 11.8. The minimum atomic E-state index is -1.55. The van der Waals surface area contributed by atoms with Crippen molar-refractivity contribution in [2.24, 2.45) is 11.3 Å². The molecule has 0 aromatic heterocycles. The fourth-order valence-corrected chi connectivity index (χ4v) is 2.51. The minimum absolute atomic E-state index is 0.0777. The predicted molar refractivity (Wildman–Crippen MR) is 69.8 cm³/mol. The maximum atomic E-state index is 13.2. The molecule has 1 aromatic rings. The summed E-state index contributed by atoms with van der Waals surface area (Å²) < 4.78 is 39.2. The third-order valence-corrected chi connectivity index (χ3v) is 3.93. The van der Waals surface area contributed by atoms with Crippen LogP contribution in [-0.4, -0.2) is 23.9 Å². The molecule has 110 valence electrons. The SMILES string of the molecule is CC(C)(C)C1CCN(C(=O)c2cc(F)c(F)c(F)c2)C1. The van der Waals surface area contributed by atoms with Crippen LogP contribution in [0.4, 0.5) is 13.2 Å². The Balaban J connectivity index is 2.17. The summed E-state index contributed by atoms with van der Waals surface area (Å²) in [7, 11) is 0. The van der Waals surface area contributed by atoms with E-state index in [0.717, 1.165) is 18.6 Å². The molecule has 0 bridgehead atoms. The van der Waals surface area contributed by atoms with Crippen LogP contribution in [0.15, 0.2) is 12.1 Å². The second-order valence-electron chi connectivity index (χ2n) is 6.36. The highest BCUT2D eigenvalue weighted by molar-refractivity contribution is 5.94. The van der Waals surface area contributed by atoms with Gasteiger partial charge in [-0.2, -0.15) is 0 Å². The maximum absolute atomic E-state index is 13.2. The molecule has 1 aliphatic rings. The van der Waals surface area contributed by atoms with E-state index in [1.165, 1.54) is 0 Å². The number of nitrogens with zero attached hydrogens (tertiary/aromatic N) is 1. The lowest BCUT2D eigenvalue weighted by Gasteiger charge is -2.27. The van der Waals surface area contributed by atoms with E-state index in [-0.39, 0.29) is 11.0 Å². The van der Waals surface area contributed by atoms with Gasteiger partial charge in [0.2, 0.25) is 0 Å². The third-order valence-electron chi connectivity index (χ3n) is 3.93. The molecule has 5 heteroatoms. The lowest BCUT2D eigenvalue weighted by Crippen LogP contribution is -2.31. The second kappa shape index (κ2) is 5.11. The highest BCUT2D eigenvalue weighted by Gasteiger charge is 2.34. The number of halogens is 3. The molecule has 20 heavy (non-hydrogen) atoms. The van der Waals surface area contributed by atoms with Crippen LogP contribution in [0.3, 0.4) is 0 Å². The van der Waals surface area contributed by atoms with Gasteiger partial charge >= 0.3 is 0 Å². The number of likely N-dealkylation sites (tertiary alicyclic amines) is 1. The first-order valence-corrected chi connectivity index (χ1v) is 6.64. The van der Waals surface area contributed by atoms with Gasteiger partial charge in [0, 0.05) is 18.7 Å². The molecular formula is C15H18F3NO. The summed E-state index contributed by atoms with van der Waals surface area (Å²) in [5.74, 6) is -4.31. The van der Waals surface area contributed by atoms with E-state index in [4.69, 9.17) is 0 Å². The van der Waals surface area contributed by atoms with Crippen molar-refractivity contribution in [1.82, 2.24) is 4.90 Å². The van der Waals surface area contributed by atoms with Gasteiger partial charge in [-0.05, 0) is 29.9 Å². The van der Waals surface area contributed by atoms with E-state index >= 15 is 0 Å². The molecule has 2 rings (SSSR count). The molecule has 0 radical (unpaired) electrons. The Hall–Kier alpha value is -1.52.